The molecule has 1 aromatic rings. The topological polar surface area (TPSA) is 20.3 Å². The van der Waals surface area contributed by atoms with E-state index >= 15 is 0 Å². The molecule has 0 radical (unpaired) electrons. The smallest absolute Gasteiger partial charge is 0.254 e. The second-order valence-corrected chi connectivity index (χ2v) is 5.29. The van der Waals surface area contributed by atoms with Gasteiger partial charge in [0.25, 0.3) is 5.91 Å². The van der Waals surface area contributed by atoms with Gasteiger partial charge in [-0.05, 0) is 44.2 Å². The van der Waals surface area contributed by atoms with Gasteiger partial charge in [-0.25, -0.2) is 0 Å². The average molecular weight is 231 g/mol. The molecule has 2 rings (SSSR count). The zero-order valence-electron chi connectivity index (χ0n) is 11.0. The molecule has 0 unspecified atom stereocenters. The first kappa shape index (κ1) is 12.2. The predicted octanol–water partition coefficient (Wildman–Crippen LogP) is 3.18. The summed E-state index contributed by atoms with van der Waals surface area (Å²) in [5.41, 5.74) is 3.17. The van der Waals surface area contributed by atoms with Gasteiger partial charge >= 0.3 is 0 Å². The van der Waals surface area contributed by atoms with Gasteiger partial charge in [0.1, 0.15) is 0 Å². The van der Waals surface area contributed by atoms with E-state index in [1.165, 1.54) is 5.56 Å². The lowest BCUT2D eigenvalue weighted by Gasteiger charge is -2.30. The van der Waals surface area contributed by atoms with E-state index in [0.717, 1.165) is 43.0 Å². The highest BCUT2D eigenvalue weighted by molar-refractivity contribution is 5.95. The Bertz CT molecular complexity index is 417. The predicted molar refractivity (Wildman–Crippen MR) is 70.2 cm³/mol. The van der Waals surface area contributed by atoms with Gasteiger partial charge < -0.3 is 4.90 Å². The second kappa shape index (κ2) is 4.91. The first-order valence-corrected chi connectivity index (χ1v) is 6.44. The number of benzene rings is 1. The van der Waals surface area contributed by atoms with E-state index in [1.54, 1.807) is 0 Å². The molecule has 1 heterocycles. The van der Waals surface area contributed by atoms with E-state index in [0.29, 0.717) is 0 Å². The minimum absolute atomic E-state index is 0.203. The first-order valence-electron chi connectivity index (χ1n) is 6.44. The van der Waals surface area contributed by atoms with E-state index in [4.69, 9.17) is 0 Å². The fourth-order valence-corrected chi connectivity index (χ4v) is 2.44. The van der Waals surface area contributed by atoms with Gasteiger partial charge in [-0.3, -0.25) is 4.79 Å². The Morgan fingerprint density at radius 1 is 1.24 bits per heavy atom. The molecule has 0 spiro atoms. The Morgan fingerprint density at radius 3 is 2.47 bits per heavy atom. The summed E-state index contributed by atoms with van der Waals surface area (Å²) in [5.74, 6) is 0.965. The highest BCUT2D eigenvalue weighted by Crippen LogP contribution is 2.20. The van der Waals surface area contributed by atoms with Crippen molar-refractivity contribution in [3.05, 3.63) is 34.9 Å². The molecule has 92 valence electrons. The Labute approximate surface area is 104 Å². The summed E-state index contributed by atoms with van der Waals surface area (Å²) in [6.45, 7) is 8.16. The quantitative estimate of drug-likeness (QED) is 0.727. The van der Waals surface area contributed by atoms with Gasteiger partial charge in [0.2, 0.25) is 0 Å². The molecule has 1 fully saturated rings. The maximum absolute atomic E-state index is 12.4. The highest BCUT2D eigenvalue weighted by Gasteiger charge is 2.22. The average Bonchev–Trinajstić information content (AvgIpc) is 2.29. The SMILES string of the molecule is Cc1ccc(C(=O)N2CCC(C)CC2)c(C)c1. The second-order valence-electron chi connectivity index (χ2n) is 5.29. The molecule has 0 saturated carbocycles. The summed E-state index contributed by atoms with van der Waals surface area (Å²) in [6.07, 6.45) is 2.27. The fraction of sp³-hybridized carbons (Fsp3) is 0.533. The first-order chi connectivity index (χ1) is 8.08. The number of likely N-dealkylation sites (tertiary alicyclic amines) is 1. The van der Waals surface area contributed by atoms with Crippen LogP contribution in [-0.4, -0.2) is 23.9 Å². The van der Waals surface area contributed by atoms with E-state index in [2.05, 4.69) is 19.9 Å². The summed E-state index contributed by atoms with van der Waals surface area (Å²) < 4.78 is 0. The summed E-state index contributed by atoms with van der Waals surface area (Å²) >= 11 is 0. The van der Waals surface area contributed by atoms with E-state index in [1.807, 2.05) is 24.0 Å². The molecule has 1 aliphatic heterocycles. The van der Waals surface area contributed by atoms with Gasteiger partial charge in [-0.15, -0.1) is 0 Å². The third kappa shape index (κ3) is 2.68. The van der Waals surface area contributed by atoms with Gasteiger partial charge in [-0.2, -0.15) is 0 Å². The van der Waals surface area contributed by atoms with Crippen molar-refractivity contribution in [2.24, 2.45) is 5.92 Å². The van der Waals surface area contributed by atoms with Crippen LogP contribution >= 0.6 is 0 Å². The molecule has 0 N–H and O–H groups in total. The molecule has 0 atom stereocenters. The Balaban J connectivity index is 2.14. The maximum atomic E-state index is 12.4. The Kier molecular flexibility index (Phi) is 3.51. The van der Waals surface area contributed by atoms with Crippen LogP contribution in [0.5, 0.6) is 0 Å². The summed E-state index contributed by atoms with van der Waals surface area (Å²) in [5, 5.41) is 0. The van der Waals surface area contributed by atoms with Gasteiger partial charge in [0, 0.05) is 18.7 Å². The number of amides is 1. The number of nitrogens with zero attached hydrogens (tertiary/aromatic N) is 1. The molecular formula is C15H21NO. The Hall–Kier alpha value is -1.31. The molecule has 0 aliphatic carbocycles. The van der Waals surface area contributed by atoms with Crippen molar-refractivity contribution in [1.29, 1.82) is 0 Å². The highest BCUT2D eigenvalue weighted by atomic mass is 16.2. The zero-order valence-corrected chi connectivity index (χ0v) is 11.0. The largest absolute Gasteiger partial charge is 0.339 e. The number of hydrogen-bond acceptors (Lipinski definition) is 1. The molecule has 1 saturated heterocycles. The fourth-order valence-electron chi connectivity index (χ4n) is 2.44. The molecule has 0 aromatic heterocycles. The number of rotatable bonds is 1. The summed E-state index contributed by atoms with van der Waals surface area (Å²) in [4.78, 5) is 14.4. The van der Waals surface area contributed by atoms with Crippen LogP contribution in [0.3, 0.4) is 0 Å². The monoisotopic (exact) mass is 231 g/mol. The van der Waals surface area contributed by atoms with Crippen LogP contribution in [0.15, 0.2) is 18.2 Å². The third-order valence-electron chi connectivity index (χ3n) is 3.68. The lowest BCUT2D eigenvalue weighted by Crippen LogP contribution is -2.38. The number of piperidine rings is 1. The summed E-state index contributed by atoms with van der Waals surface area (Å²) in [7, 11) is 0. The Morgan fingerprint density at radius 2 is 1.88 bits per heavy atom. The van der Waals surface area contributed by atoms with Crippen LogP contribution < -0.4 is 0 Å². The molecule has 1 aliphatic rings. The molecule has 0 bridgehead atoms. The van der Waals surface area contributed by atoms with Crippen molar-refractivity contribution in [3.63, 3.8) is 0 Å². The van der Waals surface area contributed by atoms with Crippen molar-refractivity contribution < 1.29 is 4.79 Å². The minimum Gasteiger partial charge on any atom is -0.339 e. The normalized spacial score (nSPS) is 17.2. The van der Waals surface area contributed by atoms with Gasteiger partial charge in [-0.1, -0.05) is 24.6 Å². The molecule has 2 nitrogen and oxygen atoms in total. The molecule has 1 amide bonds. The third-order valence-corrected chi connectivity index (χ3v) is 3.68. The van der Waals surface area contributed by atoms with Crippen LogP contribution in [0.4, 0.5) is 0 Å². The van der Waals surface area contributed by atoms with Crippen molar-refractivity contribution >= 4 is 5.91 Å². The lowest BCUT2D eigenvalue weighted by atomic mass is 9.97. The van der Waals surface area contributed by atoms with Crippen LogP contribution in [0.25, 0.3) is 0 Å². The van der Waals surface area contributed by atoms with Crippen LogP contribution in [0, 0.1) is 19.8 Å². The maximum Gasteiger partial charge on any atom is 0.254 e. The number of carbonyl (C=O) groups is 1. The molecule has 2 heteroatoms. The number of carbonyl (C=O) groups excluding carboxylic acids is 1. The van der Waals surface area contributed by atoms with Crippen LogP contribution in [-0.2, 0) is 0 Å². The molecule has 1 aromatic carbocycles. The number of aryl methyl sites for hydroxylation is 2. The molecule has 17 heavy (non-hydrogen) atoms. The van der Waals surface area contributed by atoms with E-state index in [-0.39, 0.29) is 5.91 Å². The van der Waals surface area contributed by atoms with Gasteiger partial charge in [0.15, 0.2) is 0 Å². The molecular weight excluding hydrogens is 210 g/mol. The zero-order chi connectivity index (χ0) is 12.4. The van der Waals surface area contributed by atoms with E-state index in [9.17, 15) is 4.79 Å². The van der Waals surface area contributed by atoms with Crippen molar-refractivity contribution in [1.82, 2.24) is 4.90 Å². The standard InChI is InChI=1S/C15H21NO/c1-11-6-8-16(9-7-11)15(17)14-5-4-12(2)10-13(14)3/h4-5,10-11H,6-9H2,1-3H3. The van der Waals surface area contributed by atoms with Gasteiger partial charge in [0.05, 0.1) is 0 Å². The lowest BCUT2D eigenvalue weighted by molar-refractivity contribution is 0.0696. The number of hydrogen-bond donors (Lipinski definition) is 0. The minimum atomic E-state index is 0.203. The van der Waals surface area contributed by atoms with Crippen molar-refractivity contribution in [3.8, 4) is 0 Å². The van der Waals surface area contributed by atoms with E-state index < -0.39 is 0 Å². The van der Waals surface area contributed by atoms with Crippen molar-refractivity contribution in [2.75, 3.05) is 13.1 Å². The van der Waals surface area contributed by atoms with Crippen LogP contribution in [0.1, 0.15) is 41.3 Å². The summed E-state index contributed by atoms with van der Waals surface area (Å²) in [6, 6.07) is 6.07. The van der Waals surface area contributed by atoms with Crippen LogP contribution in [0.2, 0.25) is 0 Å². The van der Waals surface area contributed by atoms with Crippen molar-refractivity contribution in [2.45, 2.75) is 33.6 Å².